The molecule has 1 saturated heterocycles. The zero-order valence-electron chi connectivity index (χ0n) is 13.1. The molecule has 1 N–H and O–H groups in total. The highest BCUT2D eigenvalue weighted by atomic mass is 16.2. The Hall–Kier alpha value is -1.85. The van der Waals surface area contributed by atoms with E-state index < -0.39 is 0 Å². The predicted octanol–water partition coefficient (Wildman–Crippen LogP) is 1.11. The van der Waals surface area contributed by atoms with E-state index >= 15 is 0 Å². The van der Waals surface area contributed by atoms with Gasteiger partial charge in [0.25, 0.3) is 5.91 Å². The first kappa shape index (κ1) is 15.5. The Bertz CT molecular complexity index is 516. The van der Waals surface area contributed by atoms with Gasteiger partial charge in [0, 0.05) is 33.1 Å². The van der Waals surface area contributed by atoms with E-state index in [0.29, 0.717) is 24.6 Å². The van der Waals surface area contributed by atoms with Crippen LogP contribution in [0.25, 0.3) is 0 Å². The van der Waals surface area contributed by atoms with E-state index in [1.807, 2.05) is 11.8 Å². The van der Waals surface area contributed by atoms with Crippen LogP contribution in [-0.4, -0.2) is 46.1 Å². The fraction of sp³-hybridized carbons (Fsp3) is 0.667. The summed E-state index contributed by atoms with van der Waals surface area (Å²) in [5, 5.41) is 6.92. The van der Waals surface area contributed by atoms with Crippen LogP contribution in [0.5, 0.6) is 0 Å². The van der Waals surface area contributed by atoms with E-state index in [4.69, 9.17) is 0 Å². The molecule has 6 nitrogen and oxygen atoms in total. The number of hydrogen-bond acceptors (Lipinski definition) is 3. The maximum atomic E-state index is 12.1. The van der Waals surface area contributed by atoms with Gasteiger partial charge in [-0.1, -0.05) is 6.92 Å². The van der Waals surface area contributed by atoms with Crippen LogP contribution in [0, 0.1) is 12.8 Å². The second kappa shape index (κ2) is 6.74. The lowest BCUT2D eigenvalue weighted by Gasteiger charge is -2.30. The highest BCUT2D eigenvalue weighted by molar-refractivity contribution is 5.92. The van der Waals surface area contributed by atoms with Crippen molar-refractivity contribution >= 4 is 11.8 Å². The standard InChI is InChI=1S/C15H24N4O2/c1-11-5-8-19(9-6-11)14(20)4-7-16-15(21)13-10-12(2)17-18(13)3/h10-11H,4-9H2,1-3H3,(H,16,21). The Kier molecular flexibility index (Phi) is 4.98. The van der Waals surface area contributed by atoms with Gasteiger partial charge >= 0.3 is 0 Å². The maximum absolute atomic E-state index is 12.1. The number of nitrogens with zero attached hydrogens (tertiary/aromatic N) is 3. The number of hydrogen-bond donors (Lipinski definition) is 1. The Balaban J connectivity index is 1.75. The molecule has 21 heavy (non-hydrogen) atoms. The first-order chi connectivity index (χ1) is 9.97. The van der Waals surface area contributed by atoms with Crippen LogP contribution in [0.15, 0.2) is 6.07 Å². The molecule has 0 atom stereocenters. The molecule has 0 aliphatic carbocycles. The molecule has 0 aromatic carbocycles. The number of likely N-dealkylation sites (tertiary alicyclic amines) is 1. The number of piperidine rings is 1. The number of carbonyl (C=O) groups excluding carboxylic acids is 2. The van der Waals surface area contributed by atoms with Crippen molar-refractivity contribution in [1.82, 2.24) is 20.0 Å². The van der Waals surface area contributed by atoms with E-state index in [2.05, 4.69) is 17.3 Å². The van der Waals surface area contributed by atoms with Gasteiger partial charge in [-0.3, -0.25) is 14.3 Å². The molecule has 2 rings (SSSR count). The summed E-state index contributed by atoms with van der Waals surface area (Å²) in [5.41, 5.74) is 1.33. The Morgan fingerprint density at radius 2 is 2.05 bits per heavy atom. The summed E-state index contributed by atoms with van der Waals surface area (Å²) in [4.78, 5) is 25.9. The number of carbonyl (C=O) groups is 2. The van der Waals surface area contributed by atoms with Gasteiger partial charge in [0.2, 0.25) is 5.91 Å². The topological polar surface area (TPSA) is 67.2 Å². The van der Waals surface area contributed by atoms with Crippen molar-refractivity contribution in [2.24, 2.45) is 13.0 Å². The van der Waals surface area contributed by atoms with Crippen molar-refractivity contribution in [3.05, 3.63) is 17.5 Å². The Morgan fingerprint density at radius 3 is 2.62 bits per heavy atom. The van der Waals surface area contributed by atoms with Crippen LogP contribution < -0.4 is 5.32 Å². The monoisotopic (exact) mass is 292 g/mol. The van der Waals surface area contributed by atoms with Crippen LogP contribution in [0.4, 0.5) is 0 Å². The van der Waals surface area contributed by atoms with E-state index in [9.17, 15) is 9.59 Å². The normalized spacial score (nSPS) is 16.0. The Morgan fingerprint density at radius 1 is 1.38 bits per heavy atom. The van der Waals surface area contributed by atoms with Crippen LogP contribution in [0.3, 0.4) is 0 Å². The SMILES string of the molecule is Cc1cc(C(=O)NCCC(=O)N2CCC(C)CC2)n(C)n1. The summed E-state index contributed by atoms with van der Waals surface area (Å²) in [7, 11) is 1.74. The third-order valence-electron chi connectivity index (χ3n) is 4.00. The molecule has 0 bridgehead atoms. The van der Waals surface area contributed by atoms with Gasteiger partial charge in [0.05, 0.1) is 5.69 Å². The van der Waals surface area contributed by atoms with E-state index in [0.717, 1.165) is 31.6 Å². The van der Waals surface area contributed by atoms with Crippen LogP contribution in [0.1, 0.15) is 42.4 Å². The molecule has 2 heterocycles. The molecule has 116 valence electrons. The molecule has 1 aromatic rings. The lowest BCUT2D eigenvalue weighted by molar-refractivity contribution is -0.132. The van der Waals surface area contributed by atoms with Gasteiger partial charge in [-0.05, 0) is 31.7 Å². The summed E-state index contributed by atoms with van der Waals surface area (Å²) in [6, 6.07) is 1.74. The van der Waals surface area contributed by atoms with Crippen molar-refractivity contribution in [2.45, 2.75) is 33.1 Å². The number of amides is 2. The molecule has 0 radical (unpaired) electrons. The maximum Gasteiger partial charge on any atom is 0.269 e. The molecule has 1 aromatic heterocycles. The largest absolute Gasteiger partial charge is 0.350 e. The molecular weight excluding hydrogens is 268 g/mol. The van der Waals surface area contributed by atoms with Crippen LogP contribution >= 0.6 is 0 Å². The molecule has 1 aliphatic heterocycles. The number of aromatic nitrogens is 2. The summed E-state index contributed by atoms with van der Waals surface area (Å²) < 4.78 is 1.55. The molecule has 2 amide bonds. The minimum Gasteiger partial charge on any atom is -0.350 e. The first-order valence-electron chi connectivity index (χ1n) is 7.54. The highest BCUT2D eigenvalue weighted by Crippen LogP contribution is 2.16. The summed E-state index contributed by atoms with van der Waals surface area (Å²) in [6.45, 7) is 6.12. The lowest BCUT2D eigenvalue weighted by Crippen LogP contribution is -2.39. The second-order valence-corrected chi connectivity index (χ2v) is 5.86. The van der Waals surface area contributed by atoms with Crippen molar-refractivity contribution in [1.29, 1.82) is 0 Å². The highest BCUT2D eigenvalue weighted by Gasteiger charge is 2.20. The molecule has 6 heteroatoms. The van der Waals surface area contributed by atoms with E-state index in [-0.39, 0.29) is 11.8 Å². The van der Waals surface area contributed by atoms with Gasteiger partial charge in [-0.15, -0.1) is 0 Å². The van der Waals surface area contributed by atoms with Crippen LogP contribution in [0.2, 0.25) is 0 Å². The van der Waals surface area contributed by atoms with Crippen molar-refractivity contribution in [3.8, 4) is 0 Å². The third-order valence-corrected chi connectivity index (χ3v) is 4.00. The lowest BCUT2D eigenvalue weighted by atomic mass is 9.99. The van der Waals surface area contributed by atoms with Crippen molar-refractivity contribution in [3.63, 3.8) is 0 Å². The fourth-order valence-corrected chi connectivity index (χ4v) is 2.61. The first-order valence-corrected chi connectivity index (χ1v) is 7.54. The fourth-order valence-electron chi connectivity index (χ4n) is 2.61. The molecule has 0 unspecified atom stereocenters. The zero-order chi connectivity index (χ0) is 15.4. The smallest absolute Gasteiger partial charge is 0.269 e. The van der Waals surface area contributed by atoms with E-state index in [1.54, 1.807) is 17.8 Å². The summed E-state index contributed by atoms with van der Waals surface area (Å²) >= 11 is 0. The summed E-state index contributed by atoms with van der Waals surface area (Å²) in [6.07, 6.45) is 2.51. The van der Waals surface area contributed by atoms with Gasteiger partial charge in [0.15, 0.2) is 0 Å². The van der Waals surface area contributed by atoms with Gasteiger partial charge in [-0.2, -0.15) is 5.10 Å². The van der Waals surface area contributed by atoms with Gasteiger partial charge in [0.1, 0.15) is 5.69 Å². The molecule has 0 spiro atoms. The average Bonchev–Trinajstić information content (AvgIpc) is 2.78. The Labute approximate surface area is 125 Å². The van der Waals surface area contributed by atoms with Crippen molar-refractivity contribution in [2.75, 3.05) is 19.6 Å². The average molecular weight is 292 g/mol. The van der Waals surface area contributed by atoms with Gasteiger partial charge < -0.3 is 10.2 Å². The number of nitrogens with one attached hydrogen (secondary N) is 1. The number of rotatable bonds is 4. The quantitative estimate of drug-likeness (QED) is 0.904. The zero-order valence-corrected chi connectivity index (χ0v) is 13.1. The molecule has 1 aliphatic rings. The minimum atomic E-state index is -0.182. The third kappa shape index (κ3) is 4.06. The molecular formula is C15H24N4O2. The molecule has 1 fully saturated rings. The molecule has 0 saturated carbocycles. The second-order valence-electron chi connectivity index (χ2n) is 5.86. The van der Waals surface area contributed by atoms with E-state index in [1.165, 1.54) is 0 Å². The minimum absolute atomic E-state index is 0.128. The predicted molar refractivity (Wildman–Crippen MR) is 79.9 cm³/mol. The van der Waals surface area contributed by atoms with Crippen LogP contribution in [-0.2, 0) is 11.8 Å². The van der Waals surface area contributed by atoms with Crippen molar-refractivity contribution < 1.29 is 9.59 Å². The van der Waals surface area contributed by atoms with Gasteiger partial charge in [-0.25, -0.2) is 0 Å². The summed E-state index contributed by atoms with van der Waals surface area (Å²) in [5.74, 6) is 0.656. The number of aryl methyl sites for hydroxylation is 2.